The van der Waals surface area contributed by atoms with E-state index in [9.17, 15) is 9.59 Å². The van der Waals surface area contributed by atoms with Gasteiger partial charge in [-0.2, -0.15) is 0 Å². The number of amides is 2. The maximum absolute atomic E-state index is 12.3. The molecule has 132 valence electrons. The quantitative estimate of drug-likeness (QED) is 0.674. The fraction of sp³-hybridized carbons (Fsp3) is 0.875. The molecule has 7 heteroatoms. The van der Waals surface area contributed by atoms with Crippen molar-refractivity contribution in [1.82, 2.24) is 20.4 Å². The lowest BCUT2D eigenvalue weighted by molar-refractivity contribution is -0.133. The Labute approximate surface area is 138 Å². The SMILES string of the molecule is COC[C@H](C)NC(=O)C1CCN(CC(=O)N2CCNCC2)CC1. The predicted octanol–water partition coefficient (Wildman–Crippen LogP) is -0.719. The highest BCUT2D eigenvalue weighted by Crippen LogP contribution is 2.17. The molecule has 2 heterocycles. The Morgan fingerprint density at radius 2 is 1.87 bits per heavy atom. The summed E-state index contributed by atoms with van der Waals surface area (Å²) in [4.78, 5) is 28.6. The van der Waals surface area contributed by atoms with Crippen LogP contribution in [-0.2, 0) is 14.3 Å². The van der Waals surface area contributed by atoms with Crippen LogP contribution in [0.3, 0.4) is 0 Å². The molecule has 2 rings (SSSR count). The second-order valence-electron chi connectivity index (χ2n) is 6.55. The standard InChI is InChI=1S/C16H30N4O3/c1-13(12-23-2)18-16(22)14-3-7-19(8-4-14)11-15(21)20-9-5-17-6-10-20/h13-14,17H,3-12H2,1-2H3,(H,18,22)/t13-/m0/s1. The lowest BCUT2D eigenvalue weighted by Crippen LogP contribution is -2.51. The molecular weight excluding hydrogens is 296 g/mol. The minimum atomic E-state index is 0.0415. The number of hydrogen-bond donors (Lipinski definition) is 2. The molecule has 2 saturated heterocycles. The van der Waals surface area contributed by atoms with Crippen LogP contribution in [0.2, 0.25) is 0 Å². The van der Waals surface area contributed by atoms with Crippen LogP contribution in [0.15, 0.2) is 0 Å². The number of hydrogen-bond acceptors (Lipinski definition) is 5. The van der Waals surface area contributed by atoms with Crippen LogP contribution in [0, 0.1) is 5.92 Å². The number of carbonyl (C=O) groups excluding carboxylic acids is 2. The number of nitrogens with one attached hydrogen (secondary N) is 2. The van der Waals surface area contributed by atoms with Gasteiger partial charge < -0.3 is 20.3 Å². The van der Waals surface area contributed by atoms with Crippen LogP contribution in [0.4, 0.5) is 0 Å². The first-order valence-corrected chi connectivity index (χ1v) is 8.60. The van der Waals surface area contributed by atoms with Gasteiger partial charge >= 0.3 is 0 Å². The first-order chi connectivity index (χ1) is 11.1. The summed E-state index contributed by atoms with van der Waals surface area (Å²) in [7, 11) is 1.64. The maximum atomic E-state index is 12.3. The summed E-state index contributed by atoms with van der Waals surface area (Å²) in [5.41, 5.74) is 0. The van der Waals surface area contributed by atoms with Crippen molar-refractivity contribution in [2.75, 3.05) is 59.5 Å². The van der Waals surface area contributed by atoms with Crippen molar-refractivity contribution < 1.29 is 14.3 Å². The Kier molecular flexibility index (Phi) is 7.26. The molecule has 2 amide bonds. The molecular formula is C16H30N4O3. The largest absolute Gasteiger partial charge is 0.383 e. The molecule has 0 aromatic carbocycles. The van der Waals surface area contributed by atoms with Crippen molar-refractivity contribution >= 4 is 11.8 Å². The lowest BCUT2D eigenvalue weighted by atomic mass is 9.95. The molecule has 2 aliphatic heterocycles. The normalized spacial score (nSPS) is 21.9. The molecule has 2 fully saturated rings. The van der Waals surface area contributed by atoms with Crippen molar-refractivity contribution in [2.45, 2.75) is 25.8 Å². The van der Waals surface area contributed by atoms with E-state index < -0.39 is 0 Å². The van der Waals surface area contributed by atoms with E-state index in [4.69, 9.17) is 4.74 Å². The van der Waals surface area contributed by atoms with Gasteiger partial charge in [-0.15, -0.1) is 0 Å². The molecule has 0 aromatic heterocycles. The van der Waals surface area contributed by atoms with E-state index in [-0.39, 0.29) is 23.8 Å². The molecule has 0 radical (unpaired) electrons. The number of carbonyl (C=O) groups is 2. The number of rotatable bonds is 6. The highest BCUT2D eigenvalue weighted by molar-refractivity contribution is 5.79. The zero-order valence-electron chi connectivity index (χ0n) is 14.3. The summed E-state index contributed by atoms with van der Waals surface area (Å²) in [6.07, 6.45) is 1.64. The second-order valence-corrected chi connectivity index (χ2v) is 6.55. The number of piperazine rings is 1. The summed E-state index contributed by atoms with van der Waals surface area (Å²) in [6.45, 7) is 7.95. The summed E-state index contributed by atoms with van der Waals surface area (Å²) >= 11 is 0. The first kappa shape index (κ1) is 18.2. The van der Waals surface area contributed by atoms with Crippen LogP contribution in [0.25, 0.3) is 0 Å². The van der Waals surface area contributed by atoms with Crippen LogP contribution in [0.5, 0.6) is 0 Å². The van der Waals surface area contributed by atoms with Gasteiger partial charge in [-0.3, -0.25) is 14.5 Å². The van der Waals surface area contributed by atoms with E-state index in [1.807, 2.05) is 11.8 Å². The van der Waals surface area contributed by atoms with E-state index in [2.05, 4.69) is 15.5 Å². The van der Waals surface area contributed by atoms with Gasteiger partial charge in [-0.25, -0.2) is 0 Å². The highest BCUT2D eigenvalue weighted by Gasteiger charge is 2.27. The van der Waals surface area contributed by atoms with Crippen molar-refractivity contribution in [2.24, 2.45) is 5.92 Å². The van der Waals surface area contributed by atoms with Gasteiger partial charge in [0.05, 0.1) is 13.2 Å². The van der Waals surface area contributed by atoms with Crippen LogP contribution in [-0.4, -0.2) is 87.2 Å². The molecule has 0 aliphatic carbocycles. The van der Waals surface area contributed by atoms with Gasteiger partial charge in [0.25, 0.3) is 0 Å². The molecule has 0 unspecified atom stereocenters. The number of nitrogens with zero attached hydrogens (tertiary/aromatic N) is 2. The van der Waals surface area contributed by atoms with Gasteiger partial charge in [0, 0.05) is 45.2 Å². The molecule has 0 bridgehead atoms. The third-order valence-corrected chi connectivity index (χ3v) is 4.59. The van der Waals surface area contributed by atoms with Gasteiger partial charge in [-0.05, 0) is 32.9 Å². The van der Waals surface area contributed by atoms with E-state index in [0.717, 1.165) is 52.1 Å². The monoisotopic (exact) mass is 326 g/mol. The number of ether oxygens (including phenoxy) is 1. The van der Waals surface area contributed by atoms with Crippen LogP contribution in [0.1, 0.15) is 19.8 Å². The first-order valence-electron chi connectivity index (χ1n) is 8.60. The fourth-order valence-corrected chi connectivity index (χ4v) is 3.21. The molecule has 0 spiro atoms. The van der Waals surface area contributed by atoms with Crippen molar-refractivity contribution in [1.29, 1.82) is 0 Å². The summed E-state index contributed by atoms with van der Waals surface area (Å²) < 4.78 is 5.04. The number of methoxy groups -OCH3 is 1. The third kappa shape index (κ3) is 5.75. The number of likely N-dealkylation sites (tertiary alicyclic amines) is 1. The van der Waals surface area contributed by atoms with Gasteiger partial charge in [0.2, 0.25) is 11.8 Å². The molecule has 7 nitrogen and oxygen atoms in total. The average molecular weight is 326 g/mol. The maximum Gasteiger partial charge on any atom is 0.236 e. The second kappa shape index (κ2) is 9.20. The molecule has 0 aromatic rings. The predicted molar refractivity (Wildman–Crippen MR) is 88.1 cm³/mol. The van der Waals surface area contributed by atoms with Crippen molar-refractivity contribution in [3.05, 3.63) is 0 Å². The van der Waals surface area contributed by atoms with Crippen molar-refractivity contribution in [3.63, 3.8) is 0 Å². The van der Waals surface area contributed by atoms with Crippen LogP contribution >= 0.6 is 0 Å². The summed E-state index contributed by atoms with van der Waals surface area (Å²) in [5, 5.41) is 6.25. The third-order valence-electron chi connectivity index (χ3n) is 4.59. The minimum absolute atomic E-state index is 0.0415. The average Bonchev–Trinajstić information content (AvgIpc) is 2.56. The smallest absolute Gasteiger partial charge is 0.236 e. The molecule has 2 N–H and O–H groups in total. The van der Waals surface area contributed by atoms with Gasteiger partial charge in [0.1, 0.15) is 0 Å². The van der Waals surface area contributed by atoms with E-state index in [1.54, 1.807) is 7.11 Å². The zero-order valence-corrected chi connectivity index (χ0v) is 14.3. The Morgan fingerprint density at radius 1 is 1.22 bits per heavy atom. The number of piperidine rings is 1. The summed E-state index contributed by atoms with van der Waals surface area (Å²) in [5.74, 6) is 0.380. The van der Waals surface area contributed by atoms with Gasteiger partial charge in [-0.1, -0.05) is 0 Å². The topological polar surface area (TPSA) is 73.9 Å². The molecule has 2 aliphatic rings. The highest BCUT2D eigenvalue weighted by atomic mass is 16.5. The Morgan fingerprint density at radius 3 is 2.48 bits per heavy atom. The summed E-state index contributed by atoms with van der Waals surface area (Å²) in [6, 6.07) is 0.0415. The fourth-order valence-electron chi connectivity index (χ4n) is 3.21. The molecule has 1 atom stereocenters. The Balaban J connectivity index is 1.68. The minimum Gasteiger partial charge on any atom is -0.383 e. The van der Waals surface area contributed by atoms with Crippen LogP contribution < -0.4 is 10.6 Å². The zero-order chi connectivity index (χ0) is 16.7. The molecule has 0 saturated carbocycles. The Bertz CT molecular complexity index is 391. The molecule has 23 heavy (non-hydrogen) atoms. The van der Waals surface area contributed by atoms with Gasteiger partial charge in [0.15, 0.2) is 0 Å². The van der Waals surface area contributed by atoms with E-state index in [1.165, 1.54) is 0 Å². The van der Waals surface area contributed by atoms with Crippen molar-refractivity contribution in [3.8, 4) is 0 Å². The van der Waals surface area contributed by atoms with E-state index >= 15 is 0 Å². The Hall–Kier alpha value is -1.18. The van der Waals surface area contributed by atoms with E-state index in [0.29, 0.717) is 13.2 Å². The lowest BCUT2D eigenvalue weighted by Gasteiger charge is -2.34.